The molecule has 0 atom stereocenters. The molecule has 0 saturated heterocycles. The molecule has 0 spiro atoms. The standard InChI is InChI=1S/C46H30N2S/c1-3-13-33(14-4-1)47(36-27-28-39-38-17-7-9-20-41(38)48(42(39)30-36)34-15-5-2-6-16-34)35-25-22-31(23-26-35)37-19-11-12-32-24-29-44-46(45(32)37)40-18-8-10-21-43(40)49-44/h1-30H. The van der Waals surface area contributed by atoms with Crippen molar-refractivity contribution in [3.05, 3.63) is 182 Å². The monoisotopic (exact) mass is 642 g/mol. The van der Waals surface area contributed by atoms with Gasteiger partial charge in [-0.15, -0.1) is 11.3 Å². The molecule has 0 amide bonds. The van der Waals surface area contributed by atoms with Crippen LogP contribution in [0.4, 0.5) is 17.1 Å². The smallest absolute Gasteiger partial charge is 0.0561 e. The van der Waals surface area contributed by atoms with Gasteiger partial charge in [-0.1, -0.05) is 115 Å². The number of thiophene rings is 1. The first-order valence-corrected chi connectivity index (χ1v) is 17.5. The van der Waals surface area contributed by atoms with Crippen molar-refractivity contribution < 1.29 is 0 Å². The Hall–Kier alpha value is -6.16. The Bertz CT molecular complexity index is 2810. The maximum absolute atomic E-state index is 2.38. The summed E-state index contributed by atoms with van der Waals surface area (Å²) in [4.78, 5) is 2.36. The lowest BCUT2D eigenvalue weighted by atomic mass is 9.94. The van der Waals surface area contributed by atoms with E-state index in [9.17, 15) is 0 Å². The third kappa shape index (κ3) is 4.47. The first kappa shape index (κ1) is 27.9. The third-order valence-electron chi connectivity index (χ3n) is 9.76. The lowest BCUT2D eigenvalue weighted by Gasteiger charge is -2.26. The van der Waals surface area contributed by atoms with E-state index in [-0.39, 0.29) is 0 Å². The van der Waals surface area contributed by atoms with E-state index < -0.39 is 0 Å². The maximum Gasteiger partial charge on any atom is 0.0561 e. The minimum atomic E-state index is 1.11. The predicted molar refractivity (Wildman–Crippen MR) is 211 cm³/mol. The van der Waals surface area contributed by atoms with Gasteiger partial charge in [-0.2, -0.15) is 0 Å². The molecule has 0 aliphatic carbocycles. The number of nitrogens with zero attached hydrogens (tertiary/aromatic N) is 2. The van der Waals surface area contributed by atoms with Crippen LogP contribution in [0.25, 0.3) is 69.6 Å². The molecule has 8 aromatic carbocycles. The van der Waals surface area contributed by atoms with Gasteiger partial charge in [0.2, 0.25) is 0 Å². The first-order chi connectivity index (χ1) is 24.3. The summed E-state index contributed by atoms with van der Waals surface area (Å²) < 4.78 is 5.05. The zero-order valence-corrected chi connectivity index (χ0v) is 27.4. The summed E-state index contributed by atoms with van der Waals surface area (Å²) in [6.45, 7) is 0. The van der Waals surface area contributed by atoms with Crippen molar-refractivity contribution in [1.29, 1.82) is 0 Å². The van der Waals surface area contributed by atoms with Crippen molar-refractivity contribution in [2.45, 2.75) is 0 Å². The van der Waals surface area contributed by atoms with E-state index in [1.807, 2.05) is 11.3 Å². The first-order valence-electron chi connectivity index (χ1n) is 16.7. The second-order valence-electron chi connectivity index (χ2n) is 12.5. The fourth-order valence-corrected chi connectivity index (χ4v) is 8.72. The average molecular weight is 643 g/mol. The largest absolute Gasteiger partial charge is 0.310 e. The SMILES string of the molecule is c1ccc(N(c2ccc(-c3cccc4ccc5sc6ccccc6c5c34)cc2)c2ccc3c4ccccc4n(-c4ccccc4)c3c2)cc1. The van der Waals surface area contributed by atoms with Gasteiger partial charge in [0.15, 0.2) is 0 Å². The van der Waals surface area contributed by atoms with Gasteiger partial charge >= 0.3 is 0 Å². The van der Waals surface area contributed by atoms with E-state index in [1.54, 1.807) is 0 Å². The van der Waals surface area contributed by atoms with E-state index in [0.29, 0.717) is 0 Å². The Morgan fingerprint density at radius 1 is 0.408 bits per heavy atom. The normalized spacial score (nSPS) is 11.7. The highest BCUT2D eigenvalue weighted by atomic mass is 32.1. The van der Waals surface area contributed by atoms with Gasteiger partial charge in [0.1, 0.15) is 0 Å². The lowest BCUT2D eigenvalue weighted by Crippen LogP contribution is -2.10. The second kappa shape index (κ2) is 11.2. The summed E-state index contributed by atoms with van der Waals surface area (Å²) in [6, 6.07) is 66.1. The number of hydrogen-bond acceptors (Lipinski definition) is 2. The van der Waals surface area contributed by atoms with Crippen LogP contribution in [0.5, 0.6) is 0 Å². The number of anilines is 3. The highest BCUT2D eigenvalue weighted by Gasteiger charge is 2.18. The van der Waals surface area contributed by atoms with Crippen LogP contribution in [0.15, 0.2) is 182 Å². The third-order valence-corrected chi connectivity index (χ3v) is 10.9. The van der Waals surface area contributed by atoms with E-state index in [4.69, 9.17) is 0 Å². The summed E-state index contributed by atoms with van der Waals surface area (Å²) in [5.41, 5.74) is 9.37. The number of hydrogen-bond donors (Lipinski definition) is 0. The maximum atomic E-state index is 2.38. The molecule has 10 aromatic rings. The number of rotatable bonds is 5. The molecule has 0 aliphatic heterocycles. The van der Waals surface area contributed by atoms with Crippen LogP contribution >= 0.6 is 11.3 Å². The molecule has 3 heteroatoms. The minimum absolute atomic E-state index is 1.11. The molecule has 230 valence electrons. The van der Waals surface area contributed by atoms with E-state index in [2.05, 4.69) is 191 Å². The van der Waals surface area contributed by atoms with E-state index in [1.165, 1.54) is 63.9 Å². The van der Waals surface area contributed by atoms with Crippen molar-refractivity contribution in [3.8, 4) is 16.8 Å². The predicted octanol–water partition coefficient (Wildman–Crippen LogP) is 13.4. The van der Waals surface area contributed by atoms with Crippen LogP contribution in [0, 0.1) is 0 Å². The molecule has 2 aromatic heterocycles. The molecule has 10 rings (SSSR count). The van der Waals surface area contributed by atoms with E-state index >= 15 is 0 Å². The fourth-order valence-electron chi connectivity index (χ4n) is 7.60. The van der Waals surface area contributed by atoms with E-state index in [0.717, 1.165) is 22.7 Å². The molecule has 0 unspecified atom stereocenters. The zero-order chi connectivity index (χ0) is 32.3. The van der Waals surface area contributed by atoms with Gasteiger partial charge < -0.3 is 9.47 Å². The van der Waals surface area contributed by atoms with Crippen LogP contribution in [-0.4, -0.2) is 4.57 Å². The van der Waals surface area contributed by atoms with Crippen LogP contribution in [-0.2, 0) is 0 Å². The molecule has 0 aliphatic rings. The van der Waals surface area contributed by atoms with Crippen LogP contribution in [0.3, 0.4) is 0 Å². The van der Waals surface area contributed by atoms with Crippen molar-refractivity contribution in [2.75, 3.05) is 4.90 Å². The van der Waals surface area contributed by atoms with Crippen molar-refractivity contribution in [1.82, 2.24) is 4.57 Å². The highest BCUT2D eigenvalue weighted by Crippen LogP contribution is 2.44. The number of fused-ring (bicyclic) bond motifs is 8. The lowest BCUT2D eigenvalue weighted by molar-refractivity contribution is 1.18. The summed E-state index contributed by atoms with van der Waals surface area (Å²) in [5, 5.41) is 7.78. The Morgan fingerprint density at radius 3 is 1.92 bits per heavy atom. The number of benzene rings is 8. The van der Waals surface area contributed by atoms with Gasteiger partial charge in [-0.25, -0.2) is 0 Å². The summed E-state index contributed by atoms with van der Waals surface area (Å²) in [5.74, 6) is 0. The molecular formula is C46H30N2S. The van der Waals surface area contributed by atoms with Gasteiger partial charge in [-0.05, 0) is 88.6 Å². The fraction of sp³-hybridized carbons (Fsp3) is 0. The second-order valence-corrected chi connectivity index (χ2v) is 13.6. The molecule has 0 N–H and O–H groups in total. The number of para-hydroxylation sites is 3. The average Bonchev–Trinajstić information content (AvgIpc) is 3.71. The molecule has 0 saturated carbocycles. The van der Waals surface area contributed by atoms with Crippen LogP contribution < -0.4 is 4.90 Å². The molecule has 0 bridgehead atoms. The van der Waals surface area contributed by atoms with Crippen LogP contribution in [0.1, 0.15) is 0 Å². The highest BCUT2D eigenvalue weighted by molar-refractivity contribution is 7.26. The molecule has 49 heavy (non-hydrogen) atoms. The molecule has 0 radical (unpaired) electrons. The minimum Gasteiger partial charge on any atom is -0.310 e. The summed E-state index contributed by atoms with van der Waals surface area (Å²) in [6.07, 6.45) is 0. The van der Waals surface area contributed by atoms with Crippen molar-refractivity contribution in [2.24, 2.45) is 0 Å². The molecular weight excluding hydrogens is 613 g/mol. The Balaban J connectivity index is 1.15. The molecule has 2 nitrogen and oxygen atoms in total. The van der Waals surface area contributed by atoms with Gasteiger partial charge in [0.25, 0.3) is 0 Å². The van der Waals surface area contributed by atoms with Gasteiger partial charge in [0.05, 0.1) is 11.0 Å². The van der Waals surface area contributed by atoms with Crippen molar-refractivity contribution in [3.63, 3.8) is 0 Å². The van der Waals surface area contributed by atoms with Gasteiger partial charge in [-0.3, -0.25) is 0 Å². The topological polar surface area (TPSA) is 8.17 Å². The molecule has 2 heterocycles. The summed E-state index contributed by atoms with van der Waals surface area (Å²) >= 11 is 1.87. The molecule has 0 fully saturated rings. The Morgan fingerprint density at radius 2 is 1.08 bits per heavy atom. The zero-order valence-electron chi connectivity index (χ0n) is 26.6. The van der Waals surface area contributed by atoms with Gasteiger partial charge in [0, 0.05) is 53.7 Å². The quantitative estimate of drug-likeness (QED) is 0.181. The Labute approximate surface area is 288 Å². The van der Waals surface area contributed by atoms with Crippen molar-refractivity contribution >= 4 is 81.1 Å². The van der Waals surface area contributed by atoms with Crippen LogP contribution in [0.2, 0.25) is 0 Å². The number of aromatic nitrogens is 1. The summed E-state index contributed by atoms with van der Waals surface area (Å²) in [7, 11) is 0. The Kier molecular flexibility index (Phi) is 6.39.